The number of nitrogens with one attached hydrogen (secondary N) is 2. The minimum absolute atomic E-state index is 0.0427. The molecule has 0 unspecified atom stereocenters. The van der Waals surface area contributed by atoms with E-state index in [4.69, 9.17) is 11.6 Å². The van der Waals surface area contributed by atoms with Crippen molar-refractivity contribution in [2.24, 2.45) is 5.41 Å². The van der Waals surface area contributed by atoms with Crippen molar-refractivity contribution in [1.29, 1.82) is 0 Å². The standard InChI is InChI=1S/C18H18ClFN2O2/c1-18(2,17(24)22-15-6-4-3-5-14(15)20)16(23)21-11-12-7-9-13(19)10-8-12/h3-10H,11H2,1-2H3,(H,21,23)(H,22,24). The van der Waals surface area contributed by atoms with Crippen LogP contribution in [0.15, 0.2) is 48.5 Å². The Morgan fingerprint density at radius 3 is 2.29 bits per heavy atom. The van der Waals surface area contributed by atoms with Crippen molar-refractivity contribution in [1.82, 2.24) is 5.32 Å². The molecule has 0 heterocycles. The first-order valence-corrected chi connectivity index (χ1v) is 7.77. The summed E-state index contributed by atoms with van der Waals surface area (Å²) >= 11 is 5.81. The normalized spacial score (nSPS) is 11.0. The molecule has 2 N–H and O–H groups in total. The first-order chi connectivity index (χ1) is 11.3. The summed E-state index contributed by atoms with van der Waals surface area (Å²) in [6, 6.07) is 12.8. The van der Waals surface area contributed by atoms with Gasteiger partial charge in [0.15, 0.2) is 0 Å². The van der Waals surface area contributed by atoms with Gasteiger partial charge in [0.1, 0.15) is 11.2 Å². The lowest BCUT2D eigenvalue weighted by molar-refractivity contribution is -0.138. The van der Waals surface area contributed by atoms with Crippen molar-refractivity contribution in [3.8, 4) is 0 Å². The number of carbonyl (C=O) groups excluding carboxylic acids is 2. The van der Waals surface area contributed by atoms with Gasteiger partial charge in [0.25, 0.3) is 0 Å². The van der Waals surface area contributed by atoms with Gasteiger partial charge in [-0.05, 0) is 43.7 Å². The topological polar surface area (TPSA) is 58.2 Å². The van der Waals surface area contributed by atoms with Crippen LogP contribution in [0.3, 0.4) is 0 Å². The maximum Gasteiger partial charge on any atom is 0.239 e. The van der Waals surface area contributed by atoms with Gasteiger partial charge in [-0.3, -0.25) is 9.59 Å². The largest absolute Gasteiger partial charge is 0.351 e. The smallest absolute Gasteiger partial charge is 0.239 e. The highest BCUT2D eigenvalue weighted by Gasteiger charge is 2.36. The molecular weight excluding hydrogens is 331 g/mol. The molecule has 0 radical (unpaired) electrons. The van der Waals surface area contributed by atoms with E-state index in [2.05, 4.69) is 10.6 Å². The number of hydrogen-bond acceptors (Lipinski definition) is 2. The second-order valence-corrected chi connectivity index (χ2v) is 6.30. The molecule has 0 aromatic heterocycles. The molecule has 2 aromatic rings. The highest BCUT2D eigenvalue weighted by Crippen LogP contribution is 2.21. The summed E-state index contributed by atoms with van der Waals surface area (Å²) in [5.41, 5.74) is -0.450. The van der Waals surface area contributed by atoms with Crippen LogP contribution in [-0.4, -0.2) is 11.8 Å². The van der Waals surface area contributed by atoms with Gasteiger partial charge in [0.2, 0.25) is 11.8 Å². The van der Waals surface area contributed by atoms with E-state index >= 15 is 0 Å². The first-order valence-electron chi connectivity index (χ1n) is 7.39. The molecule has 126 valence electrons. The van der Waals surface area contributed by atoms with Crippen molar-refractivity contribution in [3.05, 3.63) is 64.9 Å². The van der Waals surface area contributed by atoms with E-state index in [9.17, 15) is 14.0 Å². The number of para-hydroxylation sites is 1. The van der Waals surface area contributed by atoms with Crippen LogP contribution < -0.4 is 10.6 Å². The molecule has 0 aliphatic carbocycles. The third kappa shape index (κ3) is 4.32. The molecule has 0 fully saturated rings. The first kappa shape index (κ1) is 17.9. The summed E-state index contributed by atoms with van der Waals surface area (Å²) in [6.07, 6.45) is 0. The minimum Gasteiger partial charge on any atom is -0.351 e. The molecule has 0 atom stereocenters. The number of halogens is 2. The maximum absolute atomic E-state index is 13.6. The van der Waals surface area contributed by atoms with Crippen LogP contribution in [0.5, 0.6) is 0 Å². The predicted octanol–water partition coefficient (Wildman–Crippen LogP) is 3.76. The van der Waals surface area contributed by atoms with Crippen molar-refractivity contribution in [2.75, 3.05) is 5.32 Å². The van der Waals surface area contributed by atoms with E-state index in [1.807, 2.05) is 0 Å². The lowest BCUT2D eigenvalue weighted by Crippen LogP contribution is -2.45. The van der Waals surface area contributed by atoms with Crippen LogP contribution in [0.4, 0.5) is 10.1 Å². The molecular formula is C18H18ClFN2O2. The zero-order valence-corrected chi connectivity index (χ0v) is 14.2. The Kier molecular flexibility index (Phi) is 5.57. The number of anilines is 1. The van der Waals surface area contributed by atoms with Crippen molar-refractivity contribution in [2.45, 2.75) is 20.4 Å². The number of benzene rings is 2. The van der Waals surface area contributed by atoms with Gasteiger partial charge < -0.3 is 10.6 Å². The van der Waals surface area contributed by atoms with E-state index < -0.39 is 23.0 Å². The zero-order chi connectivity index (χ0) is 17.7. The maximum atomic E-state index is 13.6. The highest BCUT2D eigenvalue weighted by molar-refractivity contribution is 6.30. The van der Waals surface area contributed by atoms with Gasteiger partial charge in [0, 0.05) is 11.6 Å². The molecule has 0 saturated carbocycles. The molecule has 2 rings (SSSR count). The molecule has 24 heavy (non-hydrogen) atoms. The Morgan fingerprint density at radius 2 is 1.67 bits per heavy atom. The molecule has 6 heteroatoms. The number of carbonyl (C=O) groups is 2. The van der Waals surface area contributed by atoms with E-state index in [0.717, 1.165) is 5.56 Å². The van der Waals surface area contributed by atoms with E-state index in [1.165, 1.54) is 32.0 Å². The van der Waals surface area contributed by atoms with Crippen molar-refractivity contribution in [3.63, 3.8) is 0 Å². The molecule has 2 aromatic carbocycles. The molecule has 0 bridgehead atoms. The summed E-state index contributed by atoms with van der Waals surface area (Å²) in [6.45, 7) is 3.24. The average molecular weight is 349 g/mol. The van der Waals surface area contributed by atoms with Crippen LogP contribution in [-0.2, 0) is 16.1 Å². The van der Waals surface area contributed by atoms with Gasteiger partial charge in [-0.1, -0.05) is 35.9 Å². The Bertz CT molecular complexity index is 745. The lowest BCUT2D eigenvalue weighted by atomic mass is 9.90. The van der Waals surface area contributed by atoms with Crippen molar-refractivity contribution >= 4 is 29.1 Å². The molecule has 0 aliphatic rings. The predicted molar refractivity (Wildman–Crippen MR) is 92.1 cm³/mol. The fraction of sp³-hybridized carbons (Fsp3) is 0.222. The van der Waals surface area contributed by atoms with Gasteiger partial charge in [-0.2, -0.15) is 0 Å². The third-order valence-electron chi connectivity index (χ3n) is 3.62. The molecule has 4 nitrogen and oxygen atoms in total. The minimum atomic E-state index is -1.35. The van der Waals surface area contributed by atoms with Gasteiger partial charge in [-0.15, -0.1) is 0 Å². The Morgan fingerprint density at radius 1 is 1.04 bits per heavy atom. The fourth-order valence-electron chi connectivity index (χ4n) is 1.95. The van der Waals surface area contributed by atoms with Gasteiger partial charge in [-0.25, -0.2) is 4.39 Å². The summed E-state index contributed by atoms with van der Waals surface area (Å²) in [7, 11) is 0. The second kappa shape index (κ2) is 7.45. The SMILES string of the molecule is CC(C)(C(=O)NCc1ccc(Cl)cc1)C(=O)Nc1ccccc1F. The summed E-state index contributed by atoms with van der Waals surface area (Å²) in [4.78, 5) is 24.7. The van der Waals surface area contributed by atoms with E-state index in [-0.39, 0.29) is 12.2 Å². The van der Waals surface area contributed by atoms with Crippen LogP contribution >= 0.6 is 11.6 Å². The quantitative estimate of drug-likeness (QED) is 0.808. The molecule has 0 aliphatic heterocycles. The van der Waals surface area contributed by atoms with Crippen LogP contribution in [0.1, 0.15) is 19.4 Å². The Balaban J connectivity index is 1.99. The van der Waals surface area contributed by atoms with Crippen LogP contribution in [0.2, 0.25) is 5.02 Å². The van der Waals surface area contributed by atoms with E-state index in [1.54, 1.807) is 30.3 Å². The van der Waals surface area contributed by atoms with Crippen LogP contribution in [0.25, 0.3) is 0 Å². The lowest BCUT2D eigenvalue weighted by Gasteiger charge is -2.23. The van der Waals surface area contributed by atoms with Crippen molar-refractivity contribution < 1.29 is 14.0 Å². The average Bonchev–Trinajstić information content (AvgIpc) is 2.56. The molecule has 2 amide bonds. The number of amides is 2. The summed E-state index contributed by atoms with van der Waals surface area (Å²) < 4.78 is 13.6. The number of hydrogen-bond donors (Lipinski definition) is 2. The molecule has 0 saturated heterocycles. The van der Waals surface area contributed by atoms with E-state index in [0.29, 0.717) is 5.02 Å². The van der Waals surface area contributed by atoms with Gasteiger partial charge >= 0.3 is 0 Å². The van der Waals surface area contributed by atoms with Crippen LogP contribution in [0, 0.1) is 11.2 Å². The molecule has 0 spiro atoms. The number of rotatable bonds is 5. The third-order valence-corrected chi connectivity index (χ3v) is 3.88. The fourth-order valence-corrected chi connectivity index (χ4v) is 2.08. The summed E-state index contributed by atoms with van der Waals surface area (Å²) in [5.74, 6) is -1.59. The zero-order valence-electron chi connectivity index (χ0n) is 13.4. The highest BCUT2D eigenvalue weighted by atomic mass is 35.5. The summed E-state index contributed by atoms with van der Waals surface area (Å²) in [5, 5.41) is 5.75. The Hall–Kier alpha value is -2.40. The monoisotopic (exact) mass is 348 g/mol. The Labute approximate surface area is 145 Å². The second-order valence-electron chi connectivity index (χ2n) is 5.87. The van der Waals surface area contributed by atoms with Gasteiger partial charge in [0.05, 0.1) is 5.69 Å².